The molecule has 1 saturated heterocycles. The summed E-state index contributed by atoms with van der Waals surface area (Å²) in [6.07, 6.45) is 3.55. The highest BCUT2D eigenvalue weighted by atomic mass is 32.2. The maximum atomic E-state index is 13.1. The Morgan fingerprint density at radius 3 is 2.48 bits per heavy atom. The number of fused-ring (bicyclic) bond motifs is 2. The van der Waals surface area contributed by atoms with E-state index in [1.807, 2.05) is 13.8 Å². The fourth-order valence-corrected chi connectivity index (χ4v) is 7.44. The summed E-state index contributed by atoms with van der Waals surface area (Å²) in [5.41, 5.74) is -1.02. The lowest BCUT2D eigenvalue weighted by atomic mass is 9.70. The van der Waals surface area contributed by atoms with E-state index >= 15 is 0 Å². The molecule has 148 valence electrons. The number of ketones is 1. The second kappa shape index (κ2) is 6.17. The van der Waals surface area contributed by atoms with Gasteiger partial charge in [-0.3, -0.25) is 9.59 Å². The van der Waals surface area contributed by atoms with E-state index in [1.165, 1.54) is 10.6 Å². The molecule has 7 nitrogen and oxygen atoms in total. The summed E-state index contributed by atoms with van der Waals surface area (Å²) in [4.78, 5) is 26.6. The van der Waals surface area contributed by atoms with Crippen molar-refractivity contribution in [1.29, 1.82) is 0 Å². The van der Waals surface area contributed by atoms with Crippen molar-refractivity contribution < 1.29 is 22.4 Å². The molecule has 1 aliphatic heterocycles. The van der Waals surface area contributed by atoms with Gasteiger partial charge in [-0.1, -0.05) is 13.8 Å². The Kier molecular flexibility index (Phi) is 4.27. The van der Waals surface area contributed by atoms with Crippen LogP contribution in [0.2, 0.25) is 0 Å². The van der Waals surface area contributed by atoms with Crippen LogP contribution in [-0.2, 0) is 14.8 Å². The number of sulfonamides is 1. The molecule has 8 heteroatoms. The van der Waals surface area contributed by atoms with Crippen LogP contribution in [0, 0.1) is 16.7 Å². The van der Waals surface area contributed by atoms with Crippen LogP contribution < -0.4 is 0 Å². The maximum absolute atomic E-state index is 13.1. The third-order valence-corrected chi connectivity index (χ3v) is 9.23. The van der Waals surface area contributed by atoms with Crippen LogP contribution in [-0.4, -0.2) is 61.2 Å². The first-order valence-corrected chi connectivity index (χ1v) is 11.1. The van der Waals surface area contributed by atoms with Gasteiger partial charge in [0, 0.05) is 38.0 Å². The van der Waals surface area contributed by atoms with Crippen molar-refractivity contribution in [3.8, 4) is 0 Å². The van der Waals surface area contributed by atoms with Crippen LogP contribution in [0.25, 0.3) is 0 Å². The zero-order valence-electron chi connectivity index (χ0n) is 15.8. The summed E-state index contributed by atoms with van der Waals surface area (Å²) in [6, 6.07) is 3.26. The molecule has 2 aliphatic carbocycles. The topological polar surface area (TPSA) is 87.9 Å². The van der Waals surface area contributed by atoms with Gasteiger partial charge < -0.3 is 9.32 Å². The minimum atomic E-state index is -3.57. The summed E-state index contributed by atoms with van der Waals surface area (Å²) in [5, 5.41) is 0. The lowest BCUT2D eigenvalue weighted by Crippen LogP contribution is -2.53. The number of Topliss-reactive ketones (excluding diaryl/α,β-unsaturated/α-hetero) is 1. The molecule has 3 aliphatic rings. The van der Waals surface area contributed by atoms with E-state index < -0.39 is 15.4 Å². The van der Waals surface area contributed by atoms with E-state index in [-0.39, 0.29) is 41.7 Å². The molecule has 0 spiro atoms. The summed E-state index contributed by atoms with van der Waals surface area (Å²) >= 11 is 0. The largest absolute Gasteiger partial charge is 0.459 e. The van der Waals surface area contributed by atoms with E-state index in [9.17, 15) is 18.0 Å². The van der Waals surface area contributed by atoms with Crippen LogP contribution in [0.5, 0.6) is 0 Å². The Morgan fingerprint density at radius 1 is 1.26 bits per heavy atom. The van der Waals surface area contributed by atoms with Crippen molar-refractivity contribution in [2.24, 2.45) is 16.7 Å². The summed E-state index contributed by atoms with van der Waals surface area (Å²) in [6.45, 7) is 5.25. The van der Waals surface area contributed by atoms with Gasteiger partial charge in [0.25, 0.3) is 5.91 Å². The Hall–Kier alpha value is -1.67. The van der Waals surface area contributed by atoms with Gasteiger partial charge in [0.2, 0.25) is 10.0 Å². The average molecular weight is 394 g/mol. The monoisotopic (exact) mass is 394 g/mol. The summed E-state index contributed by atoms with van der Waals surface area (Å²) in [7, 11) is -3.57. The van der Waals surface area contributed by atoms with E-state index in [0.29, 0.717) is 31.8 Å². The van der Waals surface area contributed by atoms with Crippen molar-refractivity contribution >= 4 is 21.7 Å². The lowest BCUT2D eigenvalue weighted by molar-refractivity contribution is -0.128. The Labute approximate surface area is 159 Å². The zero-order valence-corrected chi connectivity index (χ0v) is 16.6. The third-order valence-electron chi connectivity index (χ3n) is 7.22. The van der Waals surface area contributed by atoms with Crippen molar-refractivity contribution in [2.45, 2.75) is 33.1 Å². The van der Waals surface area contributed by atoms with Crippen molar-refractivity contribution in [3.05, 3.63) is 24.2 Å². The predicted octanol–water partition coefficient (Wildman–Crippen LogP) is 1.76. The smallest absolute Gasteiger partial charge is 0.289 e. The molecular weight excluding hydrogens is 368 g/mol. The van der Waals surface area contributed by atoms with E-state index in [4.69, 9.17) is 4.42 Å². The first-order chi connectivity index (χ1) is 12.7. The minimum Gasteiger partial charge on any atom is -0.459 e. The SMILES string of the molecule is CC1(C)[C@H]2CC[C@]1(CS(=O)(=O)N1CCN(C(=O)c3ccco3)CC1)C(=O)C2. The third kappa shape index (κ3) is 2.76. The van der Waals surface area contributed by atoms with E-state index in [1.54, 1.807) is 17.0 Å². The Bertz CT molecular complexity index is 853. The highest BCUT2D eigenvalue weighted by molar-refractivity contribution is 7.89. The minimum absolute atomic E-state index is 0.103. The van der Waals surface area contributed by atoms with Crippen LogP contribution in [0.15, 0.2) is 22.8 Å². The number of furan rings is 1. The summed E-state index contributed by atoms with van der Waals surface area (Å²) in [5.74, 6) is 0.345. The second-order valence-electron chi connectivity index (χ2n) is 8.59. The highest BCUT2D eigenvalue weighted by Gasteiger charge is 2.65. The Morgan fingerprint density at radius 2 is 1.96 bits per heavy atom. The molecular formula is C19H26N2O5S. The van der Waals surface area contributed by atoms with Crippen molar-refractivity contribution in [2.75, 3.05) is 31.9 Å². The molecule has 2 bridgehead atoms. The Balaban J connectivity index is 1.45. The molecule has 0 unspecified atom stereocenters. The van der Waals surface area contributed by atoms with Gasteiger partial charge in [-0.15, -0.1) is 0 Å². The first-order valence-electron chi connectivity index (χ1n) is 9.51. The van der Waals surface area contributed by atoms with Gasteiger partial charge >= 0.3 is 0 Å². The fraction of sp³-hybridized carbons (Fsp3) is 0.684. The van der Waals surface area contributed by atoms with Crippen LogP contribution in [0.4, 0.5) is 0 Å². The van der Waals surface area contributed by atoms with E-state index in [2.05, 4.69) is 0 Å². The molecule has 4 rings (SSSR count). The maximum Gasteiger partial charge on any atom is 0.289 e. The van der Waals surface area contributed by atoms with Crippen molar-refractivity contribution in [1.82, 2.24) is 9.21 Å². The number of nitrogens with zero attached hydrogens (tertiary/aromatic N) is 2. The van der Waals surface area contributed by atoms with Crippen LogP contribution in [0.3, 0.4) is 0 Å². The molecule has 1 aromatic heterocycles. The number of carbonyl (C=O) groups is 2. The first kappa shape index (κ1) is 18.7. The quantitative estimate of drug-likeness (QED) is 0.777. The van der Waals surface area contributed by atoms with Crippen LogP contribution >= 0.6 is 0 Å². The second-order valence-corrected chi connectivity index (χ2v) is 10.6. The molecule has 0 aromatic carbocycles. The number of amides is 1. The molecule has 3 fully saturated rings. The van der Waals surface area contributed by atoms with Gasteiger partial charge in [0.15, 0.2) is 5.76 Å². The molecule has 27 heavy (non-hydrogen) atoms. The zero-order chi connectivity index (χ0) is 19.4. The van der Waals surface area contributed by atoms with Gasteiger partial charge in [-0.25, -0.2) is 8.42 Å². The fourth-order valence-electron chi connectivity index (χ4n) is 5.24. The number of hydrogen-bond acceptors (Lipinski definition) is 5. The molecule has 2 saturated carbocycles. The van der Waals surface area contributed by atoms with Crippen LogP contribution in [0.1, 0.15) is 43.7 Å². The van der Waals surface area contributed by atoms with Gasteiger partial charge in [0.1, 0.15) is 5.78 Å². The number of hydrogen-bond donors (Lipinski definition) is 0. The molecule has 1 amide bonds. The molecule has 0 N–H and O–H groups in total. The van der Waals surface area contributed by atoms with Gasteiger partial charge in [-0.2, -0.15) is 4.31 Å². The summed E-state index contributed by atoms with van der Waals surface area (Å²) < 4.78 is 32.8. The predicted molar refractivity (Wildman–Crippen MR) is 98.5 cm³/mol. The number of rotatable bonds is 4. The van der Waals surface area contributed by atoms with Crippen molar-refractivity contribution in [3.63, 3.8) is 0 Å². The average Bonchev–Trinajstić information content (AvgIpc) is 3.28. The number of piperazine rings is 1. The number of carbonyl (C=O) groups excluding carboxylic acids is 2. The molecule has 0 radical (unpaired) electrons. The standard InChI is InChI=1S/C19H26N2O5S/c1-18(2)14-5-6-19(18,16(22)12-14)13-27(24,25)21-9-7-20(8-10-21)17(23)15-4-3-11-26-15/h3-4,11,14H,5-10,12-13H2,1-2H3/t14-,19-/m0/s1. The molecule has 2 heterocycles. The highest BCUT2D eigenvalue weighted by Crippen LogP contribution is 2.64. The van der Waals surface area contributed by atoms with Gasteiger partial charge in [0.05, 0.1) is 12.0 Å². The van der Waals surface area contributed by atoms with Gasteiger partial charge in [-0.05, 0) is 36.3 Å². The molecule has 1 aromatic rings. The lowest BCUT2D eigenvalue weighted by Gasteiger charge is -2.39. The normalized spacial score (nSPS) is 30.8. The molecule has 2 atom stereocenters. The van der Waals surface area contributed by atoms with E-state index in [0.717, 1.165) is 6.42 Å².